The normalized spacial score (nSPS) is 12.7. The summed E-state index contributed by atoms with van der Waals surface area (Å²) in [5.74, 6) is -1.17. The number of aliphatic hydroxyl groups is 1. The molecule has 0 aliphatic heterocycles. The molecule has 0 saturated carbocycles. The number of benzene rings is 1. The van der Waals surface area contributed by atoms with Gasteiger partial charge in [0.05, 0.1) is 16.1 Å². The lowest BCUT2D eigenvalue weighted by atomic mass is 10.1. The Kier molecular flexibility index (Phi) is 5.14. The number of sulfonamides is 1. The smallest absolute Gasteiger partial charge is 0.335 e. The van der Waals surface area contributed by atoms with Crippen molar-refractivity contribution in [2.75, 3.05) is 13.1 Å². The molecule has 0 unspecified atom stereocenters. The van der Waals surface area contributed by atoms with E-state index in [4.69, 9.17) is 5.11 Å². The summed E-state index contributed by atoms with van der Waals surface area (Å²) in [6.45, 7) is 6.29. The van der Waals surface area contributed by atoms with Crippen molar-refractivity contribution in [2.45, 2.75) is 38.2 Å². The zero-order valence-corrected chi connectivity index (χ0v) is 13.4. The van der Waals surface area contributed by atoms with Gasteiger partial charge < -0.3 is 10.2 Å². The summed E-state index contributed by atoms with van der Waals surface area (Å²) in [4.78, 5) is 11.1. The fourth-order valence-corrected chi connectivity index (χ4v) is 3.91. The van der Waals surface area contributed by atoms with Gasteiger partial charge in [-0.3, -0.25) is 0 Å². The second kappa shape index (κ2) is 6.13. The molecule has 0 amide bonds. The van der Waals surface area contributed by atoms with E-state index < -0.39 is 21.6 Å². The summed E-state index contributed by atoms with van der Waals surface area (Å²) < 4.78 is 26.5. The van der Waals surface area contributed by atoms with Crippen LogP contribution in [0, 0.1) is 6.92 Å². The van der Waals surface area contributed by atoms with Gasteiger partial charge in [0.15, 0.2) is 0 Å². The number of carbonyl (C=O) groups is 1. The van der Waals surface area contributed by atoms with Gasteiger partial charge in [0, 0.05) is 13.1 Å². The predicted octanol–water partition coefficient (Wildman–Crippen LogP) is 1.47. The lowest BCUT2D eigenvalue weighted by molar-refractivity contribution is 0.0600. The monoisotopic (exact) mass is 315 g/mol. The highest BCUT2D eigenvalue weighted by Gasteiger charge is 2.30. The lowest BCUT2D eigenvalue weighted by Gasteiger charge is -2.28. The number of aromatic carboxylic acids is 1. The van der Waals surface area contributed by atoms with E-state index in [0.717, 1.165) is 4.31 Å². The number of carboxylic acid groups (broad SMARTS) is 1. The van der Waals surface area contributed by atoms with E-state index in [1.807, 2.05) is 0 Å². The van der Waals surface area contributed by atoms with Crippen LogP contribution in [0.25, 0.3) is 0 Å². The van der Waals surface area contributed by atoms with E-state index in [1.54, 1.807) is 6.92 Å². The topological polar surface area (TPSA) is 94.9 Å². The van der Waals surface area contributed by atoms with Crippen LogP contribution in [0.2, 0.25) is 0 Å². The lowest BCUT2D eigenvalue weighted by Crippen LogP contribution is -2.42. The first-order chi connectivity index (χ1) is 9.50. The third-order valence-electron chi connectivity index (χ3n) is 3.05. The van der Waals surface area contributed by atoms with Crippen LogP contribution in [0.1, 0.15) is 36.7 Å². The number of hydrogen-bond donors (Lipinski definition) is 2. The Morgan fingerprint density at radius 2 is 1.90 bits per heavy atom. The van der Waals surface area contributed by atoms with Crippen molar-refractivity contribution in [3.63, 3.8) is 0 Å². The Bertz CT molecular complexity index is 631. The first kappa shape index (κ1) is 17.6. The Labute approximate surface area is 125 Å². The molecule has 0 bridgehead atoms. The minimum Gasteiger partial charge on any atom is -0.478 e. The van der Waals surface area contributed by atoms with Crippen molar-refractivity contribution < 1.29 is 23.4 Å². The molecule has 7 heteroatoms. The number of rotatable bonds is 6. The van der Waals surface area contributed by atoms with Crippen LogP contribution >= 0.6 is 0 Å². The molecule has 21 heavy (non-hydrogen) atoms. The number of hydrogen-bond acceptors (Lipinski definition) is 4. The van der Waals surface area contributed by atoms with E-state index in [1.165, 1.54) is 39.0 Å². The summed E-state index contributed by atoms with van der Waals surface area (Å²) in [5, 5.41) is 18.9. The highest BCUT2D eigenvalue weighted by Crippen LogP contribution is 2.24. The predicted molar refractivity (Wildman–Crippen MR) is 78.9 cm³/mol. The minimum absolute atomic E-state index is 0.0459. The Morgan fingerprint density at radius 3 is 2.33 bits per heavy atom. The molecule has 0 heterocycles. The summed E-state index contributed by atoms with van der Waals surface area (Å²) in [6, 6.07) is 4.15. The molecule has 0 fully saturated rings. The Morgan fingerprint density at radius 1 is 1.33 bits per heavy atom. The molecule has 0 aliphatic carbocycles. The molecule has 0 aromatic heterocycles. The first-order valence-electron chi connectivity index (χ1n) is 6.56. The summed E-state index contributed by atoms with van der Waals surface area (Å²) >= 11 is 0. The van der Waals surface area contributed by atoms with Crippen LogP contribution in [0.3, 0.4) is 0 Å². The maximum absolute atomic E-state index is 12.7. The number of likely N-dealkylation sites (N-methyl/N-ethyl adjacent to an activating group) is 1. The van der Waals surface area contributed by atoms with Crippen LogP contribution in [-0.4, -0.2) is 47.6 Å². The van der Waals surface area contributed by atoms with Gasteiger partial charge in [0.25, 0.3) is 0 Å². The maximum Gasteiger partial charge on any atom is 0.335 e. The van der Waals surface area contributed by atoms with Crippen LogP contribution in [0.4, 0.5) is 0 Å². The Hall–Kier alpha value is -1.44. The molecule has 1 rings (SSSR count). The van der Waals surface area contributed by atoms with Crippen molar-refractivity contribution in [3.8, 4) is 0 Å². The van der Waals surface area contributed by atoms with Crippen molar-refractivity contribution in [1.29, 1.82) is 0 Å². The SMILES string of the molecule is CCN(CC(C)(C)O)S(=O)(=O)c1cccc(C(=O)O)c1C. The zero-order chi connectivity index (χ0) is 16.4. The first-order valence-corrected chi connectivity index (χ1v) is 8.00. The van der Waals surface area contributed by atoms with Crippen molar-refractivity contribution >= 4 is 16.0 Å². The van der Waals surface area contributed by atoms with E-state index in [0.29, 0.717) is 0 Å². The highest BCUT2D eigenvalue weighted by molar-refractivity contribution is 7.89. The standard InChI is InChI=1S/C14H21NO5S/c1-5-15(9-14(3,4)18)21(19,20)12-8-6-7-11(10(12)2)13(16)17/h6-8,18H,5,9H2,1-4H3,(H,16,17). The average Bonchev–Trinajstić information content (AvgIpc) is 2.34. The van der Waals surface area contributed by atoms with Crippen LogP contribution in [-0.2, 0) is 10.0 Å². The Balaban J connectivity index is 3.36. The van der Waals surface area contributed by atoms with E-state index in [9.17, 15) is 18.3 Å². The molecule has 6 nitrogen and oxygen atoms in total. The minimum atomic E-state index is -3.86. The third-order valence-corrected chi connectivity index (χ3v) is 5.11. The van der Waals surface area contributed by atoms with E-state index in [2.05, 4.69) is 0 Å². The fraction of sp³-hybridized carbons (Fsp3) is 0.500. The maximum atomic E-state index is 12.7. The molecule has 118 valence electrons. The third kappa shape index (κ3) is 4.03. The molecule has 1 aromatic rings. The molecule has 0 saturated heterocycles. The second-order valence-electron chi connectivity index (χ2n) is 5.48. The van der Waals surface area contributed by atoms with Gasteiger partial charge in [-0.1, -0.05) is 13.0 Å². The molecular weight excluding hydrogens is 294 g/mol. The summed E-state index contributed by atoms with van der Waals surface area (Å²) in [6.07, 6.45) is 0. The van der Waals surface area contributed by atoms with Gasteiger partial charge in [0.1, 0.15) is 0 Å². The molecule has 0 radical (unpaired) electrons. The largest absolute Gasteiger partial charge is 0.478 e. The van der Waals surface area contributed by atoms with Crippen molar-refractivity contribution in [1.82, 2.24) is 4.31 Å². The van der Waals surface area contributed by atoms with E-state index >= 15 is 0 Å². The summed E-state index contributed by atoms with van der Waals surface area (Å²) in [7, 11) is -3.86. The molecular formula is C14H21NO5S. The molecule has 0 spiro atoms. The number of nitrogens with zero attached hydrogens (tertiary/aromatic N) is 1. The molecule has 2 N–H and O–H groups in total. The highest BCUT2D eigenvalue weighted by atomic mass is 32.2. The summed E-state index contributed by atoms with van der Waals surface area (Å²) in [5.41, 5.74) is -1.03. The average molecular weight is 315 g/mol. The van der Waals surface area contributed by atoms with Gasteiger partial charge in [-0.2, -0.15) is 4.31 Å². The van der Waals surface area contributed by atoms with Crippen LogP contribution < -0.4 is 0 Å². The van der Waals surface area contributed by atoms with Gasteiger partial charge in [-0.15, -0.1) is 0 Å². The van der Waals surface area contributed by atoms with E-state index in [-0.39, 0.29) is 29.1 Å². The van der Waals surface area contributed by atoms with Crippen molar-refractivity contribution in [3.05, 3.63) is 29.3 Å². The number of carboxylic acids is 1. The quantitative estimate of drug-likeness (QED) is 0.829. The van der Waals surface area contributed by atoms with Crippen LogP contribution in [0.5, 0.6) is 0 Å². The molecule has 0 atom stereocenters. The van der Waals surface area contributed by atoms with Gasteiger partial charge in [-0.05, 0) is 38.5 Å². The van der Waals surface area contributed by atoms with Gasteiger partial charge >= 0.3 is 5.97 Å². The second-order valence-corrected chi connectivity index (χ2v) is 7.38. The molecule has 0 aliphatic rings. The zero-order valence-electron chi connectivity index (χ0n) is 12.6. The van der Waals surface area contributed by atoms with Crippen molar-refractivity contribution in [2.24, 2.45) is 0 Å². The van der Waals surface area contributed by atoms with Crippen LogP contribution in [0.15, 0.2) is 23.1 Å². The van der Waals surface area contributed by atoms with Gasteiger partial charge in [0.2, 0.25) is 10.0 Å². The van der Waals surface area contributed by atoms with Gasteiger partial charge in [-0.25, -0.2) is 13.2 Å². The fourth-order valence-electron chi connectivity index (χ4n) is 2.06. The molecule has 1 aromatic carbocycles.